The molecular weight excluding hydrogens is 329 g/mol. The second-order valence-corrected chi connectivity index (χ2v) is 7.39. The van der Waals surface area contributed by atoms with Crippen LogP contribution in [0.3, 0.4) is 0 Å². The smallest absolute Gasteiger partial charge is 0.230 e. The molecule has 2 aromatic carbocycles. The molecule has 2 atom stereocenters. The Morgan fingerprint density at radius 1 is 1.12 bits per heavy atom. The Kier molecular flexibility index (Phi) is 6.92. The van der Waals surface area contributed by atoms with Crippen molar-refractivity contribution in [2.24, 2.45) is 5.92 Å². The first-order valence-corrected chi connectivity index (χ1v) is 9.09. The highest BCUT2D eigenvalue weighted by atomic mass is 19.1. The van der Waals surface area contributed by atoms with Crippen molar-refractivity contribution in [1.82, 2.24) is 5.32 Å². The Labute approximate surface area is 155 Å². The highest BCUT2D eigenvalue weighted by Gasteiger charge is 2.36. The summed E-state index contributed by atoms with van der Waals surface area (Å²) < 4.78 is 13.3. The second kappa shape index (κ2) is 8.95. The van der Waals surface area contributed by atoms with Gasteiger partial charge < -0.3 is 10.4 Å². The number of amides is 1. The molecule has 26 heavy (non-hydrogen) atoms. The number of carbonyl (C=O) groups excluding carboxylic acids is 1. The van der Waals surface area contributed by atoms with Crippen LogP contribution in [0, 0.1) is 11.7 Å². The van der Waals surface area contributed by atoms with E-state index in [1.807, 2.05) is 37.3 Å². The molecule has 2 aromatic rings. The summed E-state index contributed by atoms with van der Waals surface area (Å²) in [5, 5.41) is 12.7. The first-order valence-electron chi connectivity index (χ1n) is 9.09. The van der Waals surface area contributed by atoms with Crippen molar-refractivity contribution >= 4 is 5.91 Å². The van der Waals surface area contributed by atoms with Crippen molar-refractivity contribution in [3.8, 4) is 0 Å². The lowest BCUT2D eigenvalue weighted by Crippen LogP contribution is -2.45. The average molecular weight is 357 g/mol. The third-order valence-corrected chi connectivity index (χ3v) is 4.89. The van der Waals surface area contributed by atoms with Crippen LogP contribution in [0.25, 0.3) is 0 Å². The van der Waals surface area contributed by atoms with Gasteiger partial charge in [0.25, 0.3) is 0 Å². The fraction of sp³-hybridized carbons (Fsp3) is 0.409. The van der Waals surface area contributed by atoms with Gasteiger partial charge in [-0.15, -0.1) is 0 Å². The van der Waals surface area contributed by atoms with Gasteiger partial charge in [0.15, 0.2) is 0 Å². The van der Waals surface area contributed by atoms with E-state index in [2.05, 4.69) is 19.2 Å². The molecular formula is C22H28FNO2. The normalized spacial score (nSPS) is 14.7. The van der Waals surface area contributed by atoms with E-state index < -0.39 is 11.5 Å². The third-order valence-electron chi connectivity index (χ3n) is 4.89. The number of carbonyl (C=O) groups is 1. The Balaban J connectivity index is 2.28. The van der Waals surface area contributed by atoms with Crippen molar-refractivity contribution in [3.05, 3.63) is 71.5 Å². The molecule has 0 saturated carbocycles. The van der Waals surface area contributed by atoms with Crippen LogP contribution in [0.15, 0.2) is 54.6 Å². The summed E-state index contributed by atoms with van der Waals surface area (Å²) in [5.74, 6) is -0.0316. The molecule has 3 nitrogen and oxygen atoms in total. The molecule has 2 N–H and O–H groups in total. The van der Waals surface area contributed by atoms with Crippen molar-refractivity contribution in [2.75, 3.05) is 6.61 Å². The number of nitrogens with one attached hydrogen (secondary N) is 1. The zero-order valence-electron chi connectivity index (χ0n) is 15.7. The highest BCUT2D eigenvalue weighted by molar-refractivity contribution is 5.88. The molecule has 4 heteroatoms. The molecule has 140 valence electrons. The van der Waals surface area contributed by atoms with Crippen LogP contribution in [0.4, 0.5) is 4.39 Å². The van der Waals surface area contributed by atoms with Gasteiger partial charge in [0, 0.05) is 0 Å². The summed E-state index contributed by atoms with van der Waals surface area (Å²) >= 11 is 0. The minimum absolute atomic E-state index is 0.160. The quantitative estimate of drug-likeness (QED) is 0.737. The van der Waals surface area contributed by atoms with E-state index in [0.29, 0.717) is 12.3 Å². The van der Waals surface area contributed by atoms with Crippen LogP contribution in [0.2, 0.25) is 0 Å². The van der Waals surface area contributed by atoms with E-state index in [1.54, 1.807) is 12.1 Å². The largest absolute Gasteiger partial charge is 0.394 e. The van der Waals surface area contributed by atoms with Gasteiger partial charge in [0.2, 0.25) is 5.91 Å². The molecule has 0 aliphatic rings. The van der Waals surface area contributed by atoms with E-state index in [1.165, 1.54) is 12.1 Å². The Morgan fingerprint density at radius 3 is 2.27 bits per heavy atom. The number of halogens is 1. The van der Waals surface area contributed by atoms with E-state index in [0.717, 1.165) is 17.5 Å². The summed E-state index contributed by atoms with van der Waals surface area (Å²) in [7, 11) is 0. The number of hydrogen-bond acceptors (Lipinski definition) is 2. The van der Waals surface area contributed by atoms with Crippen LogP contribution in [-0.2, 0) is 10.2 Å². The maximum absolute atomic E-state index is 13.3. The lowest BCUT2D eigenvalue weighted by atomic mass is 9.76. The van der Waals surface area contributed by atoms with Crippen LogP contribution < -0.4 is 5.32 Å². The van der Waals surface area contributed by atoms with Gasteiger partial charge in [-0.3, -0.25) is 4.79 Å². The van der Waals surface area contributed by atoms with Crippen LogP contribution in [-0.4, -0.2) is 17.6 Å². The molecule has 2 rings (SSSR count). The van der Waals surface area contributed by atoms with Gasteiger partial charge in [-0.1, -0.05) is 56.3 Å². The minimum atomic E-state index is -0.791. The van der Waals surface area contributed by atoms with E-state index >= 15 is 0 Å². The van der Waals surface area contributed by atoms with Crippen molar-refractivity contribution in [3.63, 3.8) is 0 Å². The van der Waals surface area contributed by atoms with Gasteiger partial charge >= 0.3 is 0 Å². The molecule has 0 aliphatic carbocycles. The van der Waals surface area contributed by atoms with Gasteiger partial charge in [-0.25, -0.2) is 4.39 Å². The van der Waals surface area contributed by atoms with Crippen molar-refractivity contribution in [2.45, 2.75) is 45.1 Å². The van der Waals surface area contributed by atoms with E-state index in [9.17, 15) is 14.3 Å². The first-order chi connectivity index (χ1) is 12.4. The van der Waals surface area contributed by atoms with Gasteiger partial charge in [0.1, 0.15) is 5.82 Å². The number of aliphatic hydroxyl groups is 1. The Bertz CT molecular complexity index is 700. The number of rotatable bonds is 8. The fourth-order valence-corrected chi connectivity index (χ4v) is 3.02. The fourth-order valence-electron chi connectivity index (χ4n) is 3.02. The Hall–Kier alpha value is -2.20. The van der Waals surface area contributed by atoms with E-state index in [4.69, 9.17) is 0 Å². The molecule has 0 aromatic heterocycles. The molecule has 0 heterocycles. The standard InChI is InChI=1S/C22H28FNO2/c1-16(2)13-14-22(3,18-9-11-19(23)12-10-18)21(26)24-20(15-25)17-7-5-4-6-8-17/h4-12,16,20,25H,13-15H2,1-3H3,(H,24,26)/t20-,22-/m0/s1. The molecule has 0 spiro atoms. The van der Waals surface area contributed by atoms with Crippen LogP contribution in [0.1, 0.15) is 50.8 Å². The zero-order chi connectivity index (χ0) is 19.2. The van der Waals surface area contributed by atoms with Crippen LogP contribution in [0.5, 0.6) is 0 Å². The first kappa shape index (κ1) is 20.1. The summed E-state index contributed by atoms with van der Waals surface area (Å²) in [6.45, 7) is 5.93. The summed E-state index contributed by atoms with van der Waals surface area (Å²) in [6.07, 6.45) is 1.52. The molecule has 1 amide bonds. The topological polar surface area (TPSA) is 49.3 Å². The maximum Gasteiger partial charge on any atom is 0.230 e. The monoisotopic (exact) mass is 357 g/mol. The summed E-state index contributed by atoms with van der Waals surface area (Å²) in [6, 6.07) is 15.1. The summed E-state index contributed by atoms with van der Waals surface area (Å²) in [5.41, 5.74) is 0.843. The molecule has 0 radical (unpaired) electrons. The number of aliphatic hydroxyl groups excluding tert-OH is 1. The molecule has 0 aliphatic heterocycles. The van der Waals surface area contributed by atoms with Crippen LogP contribution >= 0.6 is 0 Å². The molecule has 0 bridgehead atoms. The lowest BCUT2D eigenvalue weighted by Gasteiger charge is -2.32. The number of benzene rings is 2. The lowest BCUT2D eigenvalue weighted by molar-refractivity contribution is -0.127. The predicted molar refractivity (Wildman–Crippen MR) is 102 cm³/mol. The SMILES string of the molecule is CC(C)CC[C@](C)(C(=O)N[C@@H](CO)c1ccccc1)c1ccc(F)cc1. The van der Waals surface area contributed by atoms with Gasteiger partial charge in [-0.2, -0.15) is 0 Å². The molecule has 0 fully saturated rings. The minimum Gasteiger partial charge on any atom is -0.394 e. The summed E-state index contributed by atoms with van der Waals surface area (Å²) in [4.78, 5) is 13.2. The molecule has 0 unspecified atom stereocenters. The van der Waals surface area contributed by atoms with Crippen molar-refractivity contribution < 1.29 is 14.3 Å². The van der Waals surface area contributed by atoms with Gasteiger partial charge in [0.05, 0.1) is 18.1 Å². The zero-order valence-corrected chi connectivity index (χ0v) is 15.7. The predicted octanol–water partition coefficient (Wildman–Crippen LogP) is 4.37. The van der Waals surface area contributed by atoms with E-state index in [-0.39, 0.29) is 18.3 Å². The second-order valence-electron chi connectivity index (χ2n) is 7.39. The maximum atomic E-state index is 13.3. The number of hydrogen-bond donors (Lipinski definition) is 2. The third kappa shape index (κ3) is 4.92. The average Bonchev–Trinajstić information content (AvgIpc) is 2.65. The molecule has 0 saturated heterocycles. The van der Waals surface area contributed by atoms with Gasteiger partial charge in [-0.05, 0) is 48.9 Å². The van der Waals surface area contributed by atoms with Crippen molar-refractivity contribution in [1.29, 1.82) is 0 Å². The Morgan fingerprint density at radius 2 is 1.73 bits per heavy atom. The highest BCUT2D eigenvalue weighted by Crippen LogP contribution is 2.32.